The topological polar surface area (TPSA) is 34.6 Å². The van der Waals surface area contributed by atoms with Gasteiger partial charge >= 0.3 is 7.12 Å². The zero-order chi connectivity index (χ0) is 18.2. The van der Waals surface area contributed by atoms with Crippen molar-refractivity contribution in [3.05, 3.63) is 29.5 Å². The first-order valence-corrected chi connectivity index (χ1v) is 9.43. The van der Waals surface area contributed by atoms with Gasteiger partial charge in [-0.3, -0.25) is 0 Å². The second kappa shape index (κ2) is 6.77. The van der Waals surface area contributed by atoms with Crippen molar-refractivity contribution in [2.75, 3.05) is 18.0 Å². The normalized spacial score (nSPS) is 23.2. The number of aromatic nitrogens is 1. The lowest BCUT2D eigenvalue weighted by molar-refractivity contribution is 0.00578. The van der Waals surface area contributed by atoms with Gasteiger partial charge in [-0.2, -0.15) is 0 Å². The molecule has 0 atom stereocenters. The Labute approximate surface area is 152 Å². The van der Waals surface area contributed by atoms with Crippen LogP contribution in [0.25, 0.3) is 0 Å². The minimum Gasteiger partial charge on any atom is -0.399 e. The van der Waals surface area contributed by atoms with E-state index < -0.39 is 0 Å². The Bertz CT molecular complexity index is 654. The first kappa shape index (κ1) is 18.5. The summed E-state index contributed by atoms with van der Waals surface area (Å²) in [5.41, 5.74) is 2.89. The van der Waals surface area contributed by atoms with Crippen LogP contribution in [0.1, 0.15) is 59.6 Å². The second-order valence-corrected chi connectivity index (χ2v) is 8.36. The standard InChI is InChI=1S/C20H31BN2O2/c1-15-9-7-13-23(14-8-10-15)18-12-11-17(16(2)22-18)21-24-19(3,4)20(5,6)25-21/h9,11-12H,7-8,10,13-14H2,1-6H3. The van der Waals surface area contributed by atoms with Gasteiger partial charge in [0.05, 0.1) is 11.2 Å². The summed E-state index contributed by atoms with van der Waals surface area (Å²) < 4.78 is 12.4. The van der Waals surface area contributed by atoms with Crippen LogP contribution in [-0.4, -0.2) is 36.4 Å². The van der Waals surface area contributed by atoms with Crippen molar-refractivity contribution >= 4 is 18.4 Å². The van der Waals surface area contributed by atoms with Crippen molar-refractivity contribution < 1.29 is 9.31 Å². The smallest absolute Gasteiger partial charge is 0.399 e. The summed E-state index contributed by atoms with van der Waals surface area (Å²) >= 11 is 0. The van der Waals surface area contributed by atoms with Crippen LogP contribution in [0.2, 0.25) is 0 Å². The fourth-order valence-electron chi connectivity index (χ4n) is 3.41. The third-order valence-electron chi connectivity index (χ3n) is 5.83. The number of nitrogens with zero attached hydrogens (tertiary/aromatic N) is 2. The molecule has 0 aromatic carbocycles. The van der Waals surface area contributed by atoms with Crippen LogP contribution in [0, 0.1) is 6.92 Å². The second-order valence-electron chi connectivity index (χ2n) is 8.36. The lowest BCUT2D eigenvalue weighted by atomic mass is 9.78. The number of allylic oxidation sites excluding steroid dienone is 1. The first-order valence-electron chi connectivity index (χ1n) is 9.43. The van der Waals surface area contributed by atoms with E-state index in [-0.39, 0.29) is 18.3 Å². The molecular formula is C20H31BN2O2. The lowest BCUT2D eigenvalue weighted by Crippen LogP contribution is -2.41. The molecule has 25 heavy (non-hydrogen) atoms. The third kappa shape index (κ3) is 3.77. The molecule has 0 N–H and O–H groups in total. The average molecular weight is 342 g/mol. The van der Waals surface area contributed by atoms with Crippen LogP contribution < -0.4 is 10.4 Å². The lowest BCUT2D eigenvalue weighted by Gasteiger charge is -2.32. The Morgan fingerprint density at radius 2 is 1.72 bits per heavy atom. The van der Waals surface area contributed by atoms with E-state index in [2.05, 4.69) is 64.7 Å². The molecule has 0 unspecified atom stereocenters. The Kier molecular flexibility index (Phi) is 5.00. The molecule has 1 fully saturated rings. The zero-order valence-electron chi connectivity index (χ0n) is 16.6. The fraction of sp³-hybridized carbons (Fsp3) is 0.650. The molecule has 0 spiro atoms. The molecule has 3 rings (SSSR count). The van der Waals surface area contributed by atoms with Crippen LogP contribution >= 0.6 is 0 Å². The summed E-state index contributed by atoms with van der Waals surface area (Å²) in [5.74, 6) is 1.06. The predicted octanol–water partition coefficient (Wildman–Crippen LogP) is 3.63. The maximum absolute atomic E-state index is 6.18. The number of hydrogen-bond donors (Lipinski definition) is 0. The van der Waals surface area contributed by atoms with Gasteiger partial charge in [-0.05, 0) is 66.9 Å². The van der Waals surface area contributed by atoms with Crippen molar-refractivity contribution in [3.63, 3.8) is 0 Å². The molecule has 1 aromatic heterocycles. The Morgan fingerprint density at radius 3 is 2.36 bits per heavy atom. The van der Waals surface area contributed by atoms with Crippen LogP contribution in [0.5, 0.6) is 0 Å². The van der Waals surface area contributed by atoms with Crippen molar-refractivity contribution in [2.45, 2.75) is 72.0 Å². The molecule has 136 valence electrons. The number of hydrogen-bond acceptors (Lipinski definition) is 4. The summed E-state index contributed by atoms with van der Waals surface area (Å²) in [6.45, 7) is 14.7. The predicted molar refractivity (Wildman–Crippen MR) is 105 cm³/mol. The highest BCUT2D eigenvalue weighted by atomic mass is 16.7. The van der Waals surface area contributed by atoms with E-state index in [1.165, 1.54) is 18.4 Å². The van der Waals surface area contributed by atoms with Gasteiger partial charge in [0, 0.05) is 24.2 Å². The highest BCUT2D eigenvalue weighted by molar-refractivity contribution is 6.62. The van der Waals surface area contributed by atoms with Crippen molar-refractivity contribution in [2.24, 2.45) is 0 Å². The summed E-state index contributed by atoms with van der Waals surface area (Å²) in [7, 11) is -0.343. The quantitative estimate of drug-likeness (QED) is 0.607. The van der Waals surface area contributed by atoms with Crippen molar-refractivity contribution in [3.8, 4) is 0 Å². The molecule has 0 bridgehead atoms. The summed E-state index contributed by atoms with van der Waals surface area (Å²) in [6, 6.07) is 4.24. The Morgan fingerprint density at radius 1 is 1.04 bits per heavy atom. The molecule has 3 heterocycles. The van der Waals surface area contributed by atoms with E-state index in [1.54, 1.807) is 0 Å². The molecule has 5 heteroatoms. The van der Waals surface area contributed by atoms with Gasteiger partial charge in [-0.15, -0.1) is 0 Å². The third-order valence-corrected chi connectivity index (χ3v) is 5.83. The number of anilines is 1. The van der Waals surface area contributed by atoms with Gasteiger partial charge in [-0.25, -0.2) is 4.98 Å². The van der Waals surface area contributed by atoms with Crippen molar-refractivity contribution in [1.82, 2.24) is 4.98 Å². The monoisotopic (exact) mass is 342 g/mol. The van der Waals surface area contributed by atoms with Crippen LogP contribution in [0.15, 0.2) is 23.8 Å². The van der Waals surface area contributed by atoms with E-state index in [0.29, 0.717) is 0 Å². The van der Waals surface area contributed by atoms with Crippen LogP contribution in [0.4, 0.5) is 5.82 Å². The Hall–Kier alpha value is -1.33. The highest BCUT2D eigenvalue weighted by Gasteiger charge is 2.52. The number of aryl methyl sites for hydroxylation is 1. The largest absolute Gasteiger partial charge is 0.496 e. The maximum Gasteiger partial charge on any atom is 0.496 e. The molecule has 2 aliphatic heterocycles. The molecular weight excluding hydrogens is 311 g/mol. The fourth-order valence-corrected chi connectivity index (χ4v) is 3.41. The highest BCUT2D eigenvalue weighted by Crippen LogP contribution is 2.36. The molecule has 2 aliphatic rings. The van der Waals surface area contributed by atoms with E-state index in [0.717, 1.165) is 36.5 Å². The zero-order valence-corrected chi connectivity index (χ0v) is 16.6. The van der Waals surface area contributed by atoms with Gasteiger partial charge in [0.1, 0.15) is 5.82 Å². The van der Waals surface area contributed by atoms with Crippen LogP contribution in [0.3, 0.4) is 0 Å². The molecule has 0 amide bonds. The van der Waals surface area contributed by atoms with Crippen LogP contribution in [-0.2, 0) is 9.31 Å². The summed E-state index contributed by atoms with van der Waals surface area (Å²) in [4.78, 5) is 7.27. The van der Waals surface area contributed by atoms with E-state index in [4.69, 9.17) is 14.3 Å². The molecule has 0 saturated carbocycles. The van der Waals surface area contributed by atoms with Gasteiger partial charge in [0.2, 0.25) is 0 Å². The number of rotatable bonds is 2. The molecule has 1 aromatic rings. The average Bonchev–Trinajstić information content (AvgIpc) is 2.70. The first-order chi connectivity index (χ1) is 11.7. The Balaban J connectivity index is 1.78. The summed E-state index contributed by atoms with van der Waals surface area (Å²) in [5, 5.41) is 0. The minimum absolute atomic E-state index is 0.323. The molecule has 0 aliphatic carbocycles. The molecule has 4 nitrogen and oxygen atoms in total. The SMILES string of the molecule is CC1=CCCN(c2ccc(B3OC(C)(C)C(C)(C)O3)c(C)n2)CCC1. The molecule has 0 radical (unpaired) electrons. The van der Waals surface area contributed by atoms with E-state index in [9.17, 15) is 0 Å². The maximum atomic E-state index is 6.18. The van der Waals surface area contributed by atoms with Gasteiger partial charge < -0.3 is 14.2 Å². The van der Waals surface area contributed by atoms with Crippen molar-refractivity contribution in [1.29, 1.82) is 0 Å². The van der Waals surface area contributed by atoms with Gasteiger partial charge in [0.15, 0.2) is 0 Å². The number of pyridine rings is 1. The van der Waals surface area contributed by atoms with Gasteiger partial charge in [-0.1, -0.05) is 17.7 Å². The van der Waals surface area contributed by atoms with E-state index >= 15 is 0 Å². The minimum atomic E-state index is -0.343. The van der Waals surface area contributed by atoms with E-state index in [1.807, 2.05) is 0 Å². The summed E-state index contributed by atoms with van der Waals surface area (Å²) in [6.07, 6.45) is 5.81. The van der Waals surface area contributed by atoms with Gasteiger partial charge in [0.25, 0.3) is 0 Å². The molecule has 1 saturated heterocycles.